The van der Waals surface area contributed by atoms with Gasteiger partial charge in [-0.25, -0.2) is 4.99 Å². The molecule has 0 amide bonds. The summed E-state index contributed by atoms with van der Waals surface area (Å²) in [5.41, 5.74) is 11.2. The first-order valence-corrected chi connectivity index (χ1v) is 10.6. The van der Waals surface area contributed by atoms with Gasteiger partial charge in [0.2, 0.25) is 0 Å². The van der Waals surface area contributed by atoms with Crippen molar-refractivity contribution in [1.82, 2.24) is 0 Å². The maximum absolute atomic E-state index is 5.02. The van der Waals surface area contributed by atoms with E-state index in [2.05, 4.69) is 112 Å². The standard InChI is InChI=1S/C30H27N/c1-21-13-8-9-17-26(21)30-22(2)14-12-19-28(30)24(4)31-29-20-11-10-18-27(29)23(3)25-15-6-5-7-16-25/h5-20H,4H2,1-3H3/b27-23+,31-29?. The van der Waals surface area contributed by atoms with Crippen LogP contribution in [0.1, 0.15) is 29.2 Å². The van der Waals surface area contributed by atoms with Crippen LogP contribution in [0, 0.1) is 13.8 Å². The van der Waals surface area contributed by atoms with Crippen LogP contribution in [-0.4, -0.2) is 5.71 Å². The Kier molecular flexibility index (Phi) is 5.95. The number of allylic oxidation sites excluding steroid dienone is 6. The predicted molar refractivity (Wildman–Crippen MR) is 135 cm³/mol. The van der Waals surface area contributed by atoms with Crippen molar-refractivity contribution in [3.63, 3.8) is 0 Å². The van der Waals surface area contributed by atoms with Gasteiger partial charge in [-0.15, -0.1) is 0 Å². The minimum absolute atomic E-state index is 0.773. The largest absolute Gasteiger partial charge is 0.248 e. The van der Waals surface area contributed by atoms with E-state index in [1.807, 2.05) is 12.1 Å². The maximum Gasteiger partial charge on any atom is 0.0712 e. The molecule has 0 atom stereocenters. The highest BCUT2D eigenvalue weighted by atomic mass is 14.8. The van der Waals surface area contributed by atoms with Crippen molar-refractivity contribution < 1.29 is 0 Å². The normalized spacial score (nSPS) is 15.9. The van der Waals surface area contributed by atoms with Crippen LogP contribution in [0.4, 0.5) is 0 Å². The topological polar surface area (TPSA) is 12.4 Å². The van der Waals surface area contributed by atoms with Crippen molar-refractivity contribution in [3.8, 4) is 11.1 Å². The Morgan fingerprint density at radius 3 is 2.19 bits per heavy atom. The molecule has 0 saturated carbocycles. The zero-order chi connectivity index (χ0) is 21.8. The third-order valence-corrected chi connectivity index (χ3v) is 5.77. The highest BCUT2D eigenvalue weighted by molar-refractivity contribution is 6.17. The molecule has 0 unspecified atom stereocenters. The number of nitrogens with zero attached hydrogens (tertiary/aromatic N) is 1. The number of hydrogen-bond donors (Lipinski definition) is 0. The fraction of sp³-hybridized carbons (Fsp3) is 0.100. The van der Waals surface area contributed by atoms with Crippen LogP contribution in [0.15, 0.2) is 114 Å². The highest BCUT2D eigenvalue weighted by Gasteiger charge is 2.15. The van der Waals surface area contributed by atoms with Gasteiger partial charge in [0, 0.05) is 11.1 Å². The average Bonchev–Trinajstić information content (AvgIpc) is 2.80. The summed E-state index contributed by atoms with van der Waals surface area (Å²) >= 11 is 0. The molecule has 31 heavy (non-hydrogen) atoms. The minimum atomic E-state index is 0.773. The van der Waals surface area contributed by atoms with Crippen LogP contribution in [0.3, 0.4) is 0 Å². The van der Waals surface area contributed by atoms with Crippen LogP contribution >= 0.6 is 0 Å². The highest BCUT2D eigenvalue weighted by Crippen LogP contribution is 2.34. The van der Waals surface area contributed by atoms with Crippen molar-refractivity contribution in [2.75, 3.05) is 0 Å². The molecule has 4 rings (SSSR count). The molecule has 0 saturated heterocycles. The number of benzene rings is 3. The van der Waals surface area contributed by atoms with Gasteiger partial charge in [-0.1, -0.05) is 97.6 Å². The average molecular weight is 402 g/mol. The van der Waals surface area contributed by atoms with Crippen molar-refractivity contribution >= 4 is 17.0 Å². The van der Waals surface area contributed by atoms with E-state index in [4.69, 9.17) is 4.99 Å². The van der Waals surface area contributed by atoms with Gasteiger partial charge in [0.05, 0.1) is 11.4 Å². The first-order valence-electron chi connectivity index (χ1n) is 10.6. The molecule has 0 aromatic heterocycles. The van der Waals surface area contributed by atoms with Gasteiger partial charge in [0.15, 0.2) is 0 Å². The summed E-state index contributed by atoms with van der Waals surface area (Å²) in [5, 5.41) is 0. The summed E-state index contributed by atoms with van der Waals surface area (Å²) in [6.45, 7) is 10.8. The third-order valence-electron chi connectivity index (χ3n) is 5.77. The molecule has 3 aromatic rings. The lowest BCUT2D eigenvalue weighted by Crippen LogP contribution is -2.04. The van der Waals surface area contributed by atoms with Gasteiger partial charge in [-0.05, 0) is 60.2 Å². The van der Waals surface area contributed by atoms with E-state index in [1.54, 1.807) is 0 Å². The molecule has 0 radical (unpaired) electrons. The molecule has 1 aliphatic rings. The second-order valence-corrected chi connectivity index (χ2v) is 7.88. The first kappa shape index (κ1) is 20.6. The third kappa shape index (κ3) is 4.27. The molecule has 0 aliphatic heterocycles. The smallest absolute Gasteiger partial charge is 0.0712 e. The Hall–Kier alpha value is -3.71. The number of aryl methyl sites for hydroxylation is 2. The molecule has 152 valence electrons. The molecule has 0 spiro atoms. The van der Waals surface area contributed by atoms with E-state index in [-0.39, 0.29) is 0 Å². The Bertz CT molecular complexity index is 1250. The van der Waals surface area contributed by atoms with Crippen molar-refractivity contribution in [1.29, 1.82) is 0 Å². The summed E-state index contributed by atoms with van der Waals surface area (Å²) < 4.78 is 0. The van der Waals surface area contributed by atoms with Crippen molar-refractivity contribution in [2.45, 2.75) is 20.8 Å². The monoisotopic (exact) mass is 401 g/mol. The number of hydrogen-bond acceptors (Lipinski definition) is 1. The summed E-state index contributed by atoms with van der Waals surface area (Å²) in [7, 11) is 0. The van der Waals surface area contributed by atoms with Crippen LogP contribution < -0.4 is 0 Å². The van der Waals surface area contributed by atoms with E-state index in [0.29, 0.717) is 0 Å². The van der Waals surface area contributed by atoms with Gasteiger partial charge in [-0.3, -0.25) is 0 Å². The van der Waals surface area contributed by atoms with E-state index in [1.165, 1.54) is 33.4 Å². The van der Waals surface area contributed by atoms with Crippen LogP contribution in [0.25, 0.3) is 22.4 Å². The maximum atomic E-state index is 5.02. The fourth-order valence-electron chi connectivity index (χ4n) is 4.06. The SMILES string of the molecule is C=C(N=C1C=CC=C/C1=C(/C)c1ccccc1)c1cccc(C)c1-c1ccccc1C. The zero-order valence-electron chi connectivity index (χ0n) is 18.4. The Morgan fingerprint density at radius 1 is 0.742 bits per heavy atom. The summed E-state index contributed by atoms with van der Waals surface area (Å²) in [4.78, 5) is 5.02. The van der Waals surface area contributed by atoms with Gasteiger partial charge in [-0.2, -0.15) is 0 Å². The Balaban J connectivity index is 1.81. The number of aliphatic imine (C=N–C) groups is 1. The quantitative estimate of drug-likeness (QED) is 0.420. The van der Waals surface area contributed by atoms with Crippen LogP contribution in [0.2, 0.25) is 0 Å². The van der Waals surface area contributed by atoms with Gasteiger partial charge < -0.3 is 0 Å². The second-order valence-electron chi connectivity index (χ2n) is 7.88. The van der Waals surface area contributed by atoms with Crippen molar-refractivity contribution in [3.05, 3.63) is 132 Å². The summed E-state index contributed by atoms with van der Waals surface area (Å²) in [6.07, 6.45) is 8.30. The zero-order valence-corrected chi connectivity index (χ0v) is 18.4. The second kappa shape index (κ2) is 8.97. The Labute approximate surface area is 185 Å². The molecule has 0 N–H and O–H groups in total. The van der Waals surface area contributed by atoms with Gasteiger partial charge >= 0.3 is 0 Å². The molecule has 0 fully saturated rings. The molecular formula is C30H27N. The van der Waals surface area contributed by atoms with Crippen LogP contribution in [0.5, 0.6) is 0 Å². The fourth-order valence-corrected chi connectivity index (χ4v) is 4.06. The number of rotatable bonds is 4. The predicted octanol–water partition coefficient (Wildman–Crippen LogP) is 7.98. The van der Waals surface area contributed by atoms with Gasteiger partial charge in [0.1, 0.15) is 0 Å². The lowest BCUT2D eigenvalue weighted by Gasteiger charge is -2.17. The van der Waals surface area contributed by atoms with E-state index in [0.717, 1.165) is 22.5 Å². The molecule has 1 heteroatoms. The molecule has 0 bridgehead atoms. The summed E-state index contributed by atoms with van der Waals surface area (Å²) in [5.74, 6) is 0. The lowest BCUT2D eigenvalue weighted by molar-refractivity contribution is 1.38. The van der Waals surface area contributed by atoms with Crippen LogP contribution in [-0.2, 0) is 0 Å². The van der Waals surface area contributed by atoms with Gasteiger partial charge in [0.25, 0.3) is 0 Å². The van der Waals surface area contributed by atoms with E-state index >= 15 is 0 Å². The molecule has 1 aliphatic carbocycles. The van der Waals surface area contributed by atoms with E-state index < -0.39 is 0 Å². The lowest BCUT2D eigenvalue weighted by atomic mass is 9.91. The molecular weight excluding hydrogens is 374 g/mol. The Morgan fingerprint density at radius 2 is 1.42 bits per heavy atom. The minimum Gasteiger partial charge on any atom is -0.248 e. The summed E-state index contributed by atoms with van der Waals surface area (Å²) in [6, 6.07) is 25.3. The molecule has 1 nitrogen and oxygen atoms in total. The molecule has 0 heterocycles. The van der Waals surface area contributed by atoms with Crippen molar-refractivity contribution in [2.24, 2.45) is 4.99 Å². The molecule has 3 aromatic carbocycles. The first-order chi connectivity index (χ1) is 15.1. The van der Waals surface area contributed by atoms with E-state index in [9.17, 15) is 0 Å².